The van der Waals surface area contributed by atoms with E-state index in [0.717, 1.165) is 22.3 Å². The molecule has 0 saturated heterocycles. The van der Waals surface area contributed by atoms with Crippen LogP contribution in [0, 0.1) is 39.5 Å². The number of hydrogen-bond acceptors (Lipinski definition) is 4. The Bertz CT molecular complexity index is 1490. The number of benzene rings is 3. The number of hydrogen-bond donors (Lipinski definition) is 0. The van der Waals surface area contributed by atoms with Crippen LogP contribution in [-0.4, -0.2) is 23.2 Å². The van der Waals surface area contributed by atoms with E-state index >= 15 is 0 Å². The first kappa shape index (κ1) is 27.1. The lowest BCUT2D eigenvalue weighted by molar-refractivity contribution is -0.122. The summed E-state index contributed by atoms with van der Waals surface area (Å²) in [6, 6.07) is 16.8. The molecule has 5 rings (SSSR count). The van der Waals surface area contributed by atoms with Crippen molar-refractivity contribution in [1.82, 2.24) is 0 Å². The van der Waals surface area contributed by atoms with Crippen molar-refractivity contribution < 1.29 is 9.59 Å². The van der Waals surface area contributed by atoms with Crippen molar-refractivity contribution in [2.75, 3.05) is 10.0 Å². The molecule has 2 aliphatic heterocycles. The second-order valence-electron chi connectivity index (χ2n) is 10.5. The lowest BCUT2D eigenvalue weighted by Crippen LogP contribution is -2.40. The SMILES string of the molecule is CC1=NN(c2ccc(C)c(C)c2)C(=O)[C@@H]1C(c1ccc(Cl)cc1Cl)[C@H]1C(=O)N(c2ccc(C)c(C)c2)N=C1C. The molecular formula is C31H30Cl2N4O2. The van der Waals surface area contributed by atoms with Gasteiger partial charge in [0.05, 0.1) is 23.2 Å². The number of hydrazone groups is 2. The molecule has 0 fully saturated rings. The van der Waals surface area contributed by atoms with Gasteiger partial charge in [-0.2, -0.15) is 10.2 Å². The molecule has 3 aromatic carbocycles. The lowest BCUT2D eigenvalue weighted by Gasteiger charge is -2.29. The molecule has 0 N–H and O–H groups in total. The van der Waals surface area contributed by atoms with Crippen molar-refractivity contribution in [2.24, 2.45) is 22.0 Å². The maximum Gasteiger partial charge on any atom is 0.256 e. The standard InChI is InChI=1S/C31H30Cl2N4O2/c1-16-7-10-23(13-18(16)3)36-30(38)27(20(5)34-36)29(25-12-9-22(32)15-26(25)33)28-21(6)35-37(31(28)39)24-11-8-17(2)19(4)14-24/h7-15,27-29H,1-6H3/t27-,28-/m0/s1. The zero-order valence-electron chi connectivity index (χ0n) is 22.8. The average molecular weight is 562 g/mol. The molecule has 3 aromatic rings. The van der Waals surface area contributed by atoms with Crippen LogP contribution in [0.25, 0.3) is 0 Å². The molecule has 0 aromatic heterocycles. The van der Waals surface area contributed by atoms with Gasteiger partial charge in [-0.25, -0.2) is 10.0 Å². The van der Waals surface area contributed by atoms with Crippen molar-refractivity contribution in [3.8, 4) is 0 Å². The predicted molar refractivity (Wildman–Crippen MR) is 159 cm³/mol. The molecule has 0 unspecified atom stereocenters. The Hall–Kier alpha value is -3.48. The maximum atomic E-state index is 14.1. The fourth-order valence-corrected chi connectivity index (χ4v) is 5.93. The summed E-state index contributed by atoms with van der Waals surface area (Å²) in [5.74, 6) is -2.49. The molecule has 0 saturated carbocycles. The van der Waals surface area contributed by atoms with Crippen LogP contribution in [0.5, 0.6) is 0 Å². The highest BCUT2D eigenvalue weighted by molar-refractivity contribution is 6.35. The number of anilines is 2. The largest absolute Gasteiger partial charge is 0.272 e. The lowest BCUT2D eigenvalue weighted by atomic mass is 9.73. The Morgan fingerprint density at radius 2 is 1.10 bits per heavy atom. The highest BCUT2D eigenvalue weighted by Gasteiger charge is 2.50. The van der Waals surface area contributed by atoms with E-state index in [2.05, 4.69) is 10.2 Å². The molecule has 39 heavy (non-hydrogen) atoms. The zero-order valence-corrected chi connectivity index (χ0v) is 24.3. The van der Waals surface area contributed by atoms with Gasteiger partial charge in [0.2, 0.25) is 0 Å². The van der Waals surface area contributed by atoms with E-state index in [-0.39, 0.29) is 11.8 Å². The van der Waals surface area contributed by atoms with Crippen LogP contribution in [0.3, 0.4) is 0 Å². The van der Waals surface area contributed by atoms with Crippen LogP contribution in [0.2, 0.25) is 10.0 Å². The van der Waals surface area contributed by atoms with Gasteiger partial charge in [-0.1, -0.05) is 41.4 Å². The highest BCUT2D eigenvalue weighted by atomic mass is 35.5. The molecule has 8 heteroatoms. The molecular weight excluding hydrogens is 531 g/mol. The van der Waals surface area contributed by atoms with E-state index in [0.29, 0.717) is 38.4 Å². The summed E-state index contributed by atoms with van der Waals surface area (Å²) in [7, 11) is 0. The van der Waals surface area contributed by atoms with Gasteiger partial charge in [0, 0.05) is 27.4 Å². The Kier molecular flexibility index (Phi) is 7.12. The molecule has 200 valence electrons. The normalized spacial score (nSPS) is 19.3. The van der Waals surface area contributed by atoms with Crippen molar-refractivity contribution in [2.45, 2.75) is 47.5 Å². The summed E-state index contributed by atoms with van der Waals surface area (Å²) in [4.78, 5) is 28.2. The zero-order chi connectivity index (χ0) is 28.2. The summed E-state index contributed by atoms with van der Waals surface area (Å²) in [6.07, 6.45) is 0. The van der Waals surface area contributed by atoms with E-state index < -0.39 is 17.8 Å². The Labute approximate surface area is 238 Å². The molecule has 0 spiro atoms. The number of aryl methyl sites for hydroxylation is 4. The first-order valence-electron chi connectivity index (χ1n) is 12.9. The molecule has 0 radical (unpaired) electrons. The summed E-state index contributed by atoms with van der Waals surface area (Å²) >= 11 is 13.0. The maximum absolute atomic E-state index is 14.1. The van der Waals surface area contributed by atoms with Gasteiger partial charge in [0.25, 0.3) is 11.8 Å². The first-order chi connectivity index (χ1) is 18.5. The van der Waals surface area contributed by atoms with Gasteiger partial charge in [-0.05, 0) is 106 Å². The Morgan fingerprint density at radius 1 is 0.641 bits per heavy atom. The minimum atomic E-state index is -0.718. The van der Waals surface area contributed by atoms with Gasteiger partial charge in [0.1, 0.15) is 0 Å². The van der Waals surface area contributed by atoms with Crippen molar-refractivity contribution >= 4 is 57.8 Å². The predicted octanol–water partition coefficient (Wildman–Crippen LogP) is 7.39. The molecule has 0 bridgehead atoms. The number of nitrogens with zero attached hydrogens (tertiary/aromatic N) is 4. The molecule has 2 heterocycles. The number of rotatable bonds is 5. The van der Waals surface area contributed by atoms with E-state index in [4.69, 9.17) is 23.2 Å². The number of carbonyl (C=O) groups excluding carboxylic acids is 2. The molecule has 6 nitrogen and oxygen atoms in total. The summed E-state index contributed by atoms with van der Waals surface area (Å²) in [6.45, 7) is 11.7. The van der Waals surface area contributed by atoms with Gasteiger partial charge >= 0.3 is 0 Å². The second-order valence-corrected chi connectivity index (χ2v) is 11.3. The Balaban J connectivity index is 1.60. The quantitative estimate of drug-likeness (QED) is 0.326. The second kappa shape index (κ2) is 10.2. The third kappa shape index (κ3) is 4.77. The minimum absolute atomic E-state index is 0.211. The topological polar surface area (TPSA) is 65.3 Å². The average Bonchev–Trinajstić information content (AvgIpc) is 3.34. The summed E-state index contributed by atoms with van der Waals surface area (Å²) in [5, 5.41) is 13.1. The van der Waals surface area contributed by atoms with E-state index in [1.165, 1.54) is 10.0 Å². The fraction of sp³-hybridized carbons (Fsp3) is 0.290. The van der Waals surface area contributed by atoms with Gasteiger partial charge in [-0.3, -0.25) is 9.59 Å². The summed E-state index contributed by atoms with van der Waals surface area (Å²) < 4.78 is 0. The van der Waals surface area contributed by atoms with Crippen LogP contribution in [-0.2, 0) is 9.59 Å². The van der Waals surface area contributed by atoms with E-state index in [1.54, 1.807) is 18.2 Å². The van der Waals surface area contributed by atoms with Crippen LogP contribution >= 0.6 is 23.2 Å². The fourth-order valence-electron chi connectivity index (χ4n) is 5.39. The van der Waals surface area contributed by atoms with Gasteiger partial charge in [-0.15, -0.1) is 0 Å². The minimum Gasteiger partial charge on any atom is -0.272 e. The third-order valence-corrected chi connectivity index (χ3v) is 8.44. The molecule has 2 amide bonds. The highest BCUT2D eigenvalue weighted by Crippen LogP contribution is 2.45. The third-order valence-electron chi connectivity index (χ3n) is 7.88. The van der Waals surface area contributed by atoms with Crippen molar-refractivity contribution in [3.05, 3.63) is 92.5 Å². The van der Waals surface area contributed by atoms with Crippen LogP contribution < -0.4 is 10.0 Å². The van der Waals surface area contributed by atoms with Crippen LogP contribution in [0.1, 0.15) is 47.6 Å². The number of halogens is 2. The van der Waals surface area contributed by atoms with Crippen LogP contribution in [0.15, 0.2) is 64.8 Å². The van der Waals surface area contributed by atoms with Crippen molar-refractivity contribution in [3.63, 3.8) is 0 Å². The monoisotopic (exact) mass is 560 g/mol. The number of carbonyl (C=O) groups is 2. The Morgan fingerprint density at radius 3 is 1.51 bits per heavy atom. The van der Waals surface area contributed by atoms with Crippen LogP contribution in [0.4, 0.5) is 11.4 Å². The van der Waals surface area contributed by atoms with Gasteiger partial charge in [0.15, 0.2) is 0 Å². The van der Waals surface area contributed by atoms with Gasteiger partial charge < -0.3 is 0 Å². The first-order valence-corrected chi connectivity index (χ1v) is 13.6. The van der Waals surface area contributed by atoms with Crippen molar-refractivity contribution in [1.29, 1.82) is 0 Å². The summed E-state index contributed by atoms with van der Waals surface area (Å²) in [5.41, 5.74) is 7.63. The molecule has 0 aliphatic carbocycles. The van der Waals surface area contributed by atoms with E-state index in [9.17, 15) is 9.59 Å². The smallest absolute Gasteiger partial charge is 0.256 e. The molecule has 2 atom stereocenters. The van der Waals surface area contributed by atoms with E-state index in [1.807, 2.05) is 77.9 Å². The number of amides is 2. The molecule has 2 aliphatic rings.